The molecule has 96 valence electrons. The predicted octanol–water partition coefficient (Wildman–Crippen LogP) is 2.15. The van der Waals surface area contributed by atoms with Gasteiger partial charge in [0, 0.05) is 17.0 Å². The summed E-state index contributed by atoms with van der Waals surface area (Å²) in [5.41, 5.74) is 0.781. The predicted molar refractivity (Wildman–Crippen MR) is 69.4 cm³/mol. The van der Waals surface area contributed by atoms with E-state index in [1.54, 1.807) is 18.2 Å². The van der Waals surface area contributed by atoms with Crippen LogP contribution in [0.4, 0.5) is 5.69 Å². The number of ketones is 1. The van der Waals surface area contributed by atoms with Gasteiger partial charge in [-0.2, -0.15) is 0 Å². The van der Waals surface area contributed by atoms with Gasteiger partial charge in [0.2, 0.25) is 0 Å². The smallest absolute Gasteiger partial charge is 0.303 e. The van der Waals surface area contributed by atoms with Crippen LogP contribution >= 0.6 is 15.9 Å². The maximum atomic E-state index is 11.5. The maximum absolute atomic E-state index is 11.5. The largest absolute Gasteiger partial charge is 0.456 e. The lowest BCUT2D eigenvalue weighted by Gasteiger charge is -2.09. The summed E-state index contributed by atoms with van der Waals surface area (Å²) in [5, 5.41) is 2.52. The number of Topliss-reactive ketones (excluding diaryl/α,β-unsaturated/α-hetero) is 1. The van der Waals surface area contributed by atoms with Crippen molar-refractivity contribution in [1.29, 1.82) is 0 Å². The molecule has 0 fully saturated rings. The number of nitrogens with one attached hydrogen (secondary N) is 1. The van der Waals surface area contributed by atoms with Crippen molar-refractivity contribution in [3.63, 3.8) is 0 Å². The first-order valence-corrected chi connectivity index (χ1v) is 5.93. The standard InChI is InChI=1S/C12H12BrNO4/c1-7(15)10-5-9(13)3-4-11(10)14-12(17)6-18-8(2)16/h3-5H,6H2,1-2H3,(H,14,17). The molecule has 0 unspecified atom stereocenters. The quantitative estimate of drug-likeness (QED) is 0.683. The van der Waals surface area contributed by atoms with Gasteiger partial charge in [0.25, 0.3) is 5.91 Å². The lowest BCUT2D eigenvalue weighted by molar-refractivity contribution is -0.144. The molecule has 1 rings (SSSR count). The van der Waals surface area contributed by atoms with Gasteiger partial charge in [-0.3, -0.25) is 14.4 Å². The molecule has 0 spiro atoms. The van der Waals surface area contributed by atoms with Gasteiger partial charge in [0.05, 0.1) is 5.69 Å². The molecule has 0 bridgehead atoms. The monoisotopic (exact) mass is 313 g/mol. The van der Waals surface area contributed by atoms with Crippen LogP contribution in [-0.2, 0) is 14.3 Å². The average Bonchev–Trinajstić information content (AvgIpc) is 2.28. The lowest BCUT2D eigenvalue weighted by atomic mass is 10.1. The number of carbonyl (C=O) groups is 3. The molecule has 1 N–H and O–H groups in total. The van der Waals surface area contributed by atoms with Crippen molar-refractivity contribution in [2.24, 2.45) is 0 Å². The Hall–Kier alpha value is -1.69. The Bertz CT molecular complexity index is 499. The average molecular weight is 314 g/mol. The molecule has 0 aliphatic heterocycles. The van der Waals surface area contributed by atoms with Gasteiger partial charge < -0.3 is 10.1 Å². The highest BCUT2D eigenvalue weighted by Crippen LogP contribution is 2.21. The van der Waals surface area contributed by atoms with Crippen LogP contribution in [0.1, 0.15) is 24.2 Å². The molecule has 6 heteroatoms. The van der Waals surface area contributed by atoms with E-state index in [2.05, 4.69) is 26.0 Å². The summed E-state index contributed by atoms with van der Waals surface area (Å²) in [7, 11) is 0. The summed E-state index contributed by atoms with van der Waals surface area (Å²) < 4.78 is 5.30. The minimum Gasteiger partial charge on any atom is -0.456 e. The summed E-state index contributed by atoms with van der Waals surface area (Å²) in [6.45, 7) is 2.25. The van der Waals surface area contributed by atoms with Crippen LogP contribution in [-0.4, -0.2) is 24.3 Å². The molecule has 0 aromatic heterocycles. The number of esters is 1. The van der Waals surface area contributed by atoms with Crippen molar-refractivity contribution in [3.8, 4) is 0 Å². The van der Waals surface area contributed by atoms with Gasteiger partial charge in [-0.25, -0.2) is 0 Å². The van der Waals surface area contributed by atoms with Crippen LogP contribution in [0.2, 0.25) is 0 Å². The molecular weight excluding hydrogens is 302 g/mol. The topological polar surface area (TPSA) is 72.5 Å². The molecular formula is C12H12BrNO4. The van der Waals surface area contributed by atoms with E-state index in [1.807, 2.05) is 0 Å². The van der Waals surface area contributed by atoms with E-state index in [1.165, 1.54) is 13.8 Å². The molecule has 0 heterocycles. The highest BCUT2D eigenvalue weighted by Gasteiger charge is 2.11. The van der Waals surface area contributed by atoms with E-state index in [4.69, 9.17) is 0 Å². The molecule has 0 radical (unpaired) electrons. The van der Waals surface area contributed by atoms with E-state index < -0.39 is 11.9 Å². The number of hydrogen-bond donors (Lipinski definition) is 1. The van der Waals surface area contributed by atoms with Crippen LogP contribution in [0.15, 0.2) is 22.7 Å². The number of anilines is 1. The molecule has 0 atom stereocenters. The van der Waals surface area contributed by atoms with Gasteiger partial charge in [0.1, 0.15) is 0 Å². The van der Waals surface area contributed by atoms with Crippen LogP contribution in [0.5, 0.6) is 0 Å². The second kappa shape index (κ2) is 6.30. The Labute approximate surface area is 113 Å². The SMILES string of the molecule is CC(=O)OCC(=O)Nc1ccc(Br)cc1C(C)=O. The van der Waals surface area contributed by atoms with Crippen molar-refractivity contribution >= 4 is 39.3 Å². The Morgan fingerprint density at radius 3 is 2.50 bits per heavy atom. The second-order valence-corrected chi connectivity index (χ2v) is 4.49. The van der Waals surface area contributed by atoms with Crippen molar-refractivity contribution in [1.82, 2.24) is 0 Å². The van der Waals surface area contributed by atoms with Crippen molar-refractivity contribution < 1.29 is 19.1 Å². The summed E-state index contributed by atoms with van der Waals surface area (Å²) >= 11 is 3.25. The first-order chi connectivity index (χ1) is 8.40. The third-order valence-corrected chi connectivity index (χ3v) is 2.53. The number of rotatable bonds is 4. The molecule has 18 heavy (non-hydrogen) atoms. The normalized spacial score (nSPS) is 9.72. The zero-order chi connectivity index (χ0) is 13.7. The highest BCUT2D eigenvalue weighted by atomic mass is 79.9. The van der Waals surface area contributed by atoms with E-state index in [9.17, 15) is 14.4 Å². The Balaban J connectivity index is 2.81. The minimum atomic E-state index is -0.534. The number of amides is 1. The number of halogens is 1. The number of carbonyl (C=O) groups excluding carboxylic acids is 3. The van der Waals surface area contributed by atoms with Gasteiger partial charge in [0.15, 0.2) is 12.4 Å². The fourth-order valence-corrected chi connectivity index (χ4v) is 1.63. The molecule has 0 saturated heterocycles. The summed E-state index contributed by atoms with van der Waals surface area (Å²) in [4.78, 5) is 33.4. The third kappa shape index (κ3) is 4.29. The first kappa shape index (κ1) is 14.4. The third-order valence-electron chi connectivity index (χ3n) is 2.04. The summed E-state index contributed by atoms with van der Waals surface area (Å²) in [5.74, 6) is -1.19. The fraction of sp³-hybridized carbons (Fsp3) is 0.250. The fourth-order valence-electron chi connectivity index (χ4n) is 1.27. The van der Waals surface area contributed by atoms with Crippen LogP contribution in [0.3, 0.4) is 0 Å². The molecule has 0 aliphatic rings. The van der Waals surface area contributed by atoms with Gasteiger partial charge >= 0.3 is 5.97 Å². The van der Waals surface area contributed by atoms with Gasteiger partial charge in [-0.1, -0.05) is 15.9 Å². The molecule has 1 amide bonds. The molecule has 1 aromatic carbocycles. The number of ether oxygens (including phenoxy) is 1. The van der Waals surface area contributed by atoms with Crippen molar-refractivity contribution in [3.05, 3.63) is 28.2 Å². The van der Waals surface area contributed by atoms with Gasteiger partial charge in [-0.05, 0) is 25.1 Å². The van der Waals surface area contributed by atoms with E-state index >= 15 is 0 Å². The van der Waals surface area contributed by atoms with E-state index in [0.717, 1.165) is 4.47 Å². The zero-order valence-corrected chi connectivity index (χ0v) is 11.5. The van der Waals surface area contributed by atoms with Crippen LogP contribution in [0.25, 0.3) is 0 Å². The number of hydrogen-bond acceptors (Lipinski definition) is 4. The minimum absolute atomic E-state index is 0.168. The summed E-state index contributed by atoms with van der Waals surface area (Å²) in [6.07, 6.45) is 0. The molecule has 1 aromatic rings. The second-order valence-electron chi connectivity index (χ2n) is 3.57. The van der Waals surface area contributed by atoms with Crippen LogP contribution in [0, 0.1) is 0 Å². The van der Waals surface area contributed by atoms with E-state index in [0.29, 0.717) is 11.3 Å². The molecule has 0 aliphatic carbocycles. The summed E-state index contributed by atoms with van der Waals surface area (Å²) in [6, 6.07) is 4.92. The Morgan fingerprint density at radius 2 is 1.94 bits per heavy atom. The maximum Gasteiger partial charge on any atom is 0.303 e. The van der Waals surface area contributed by atoms with Crippen molar-refractivity contribution in [2.45, 2.75) is 13.8 Å². The zero-order valence-electron chi connectivity index (χ0n) is 9.95. The number of benzene rings is 1. The highest BCUT2D eigenvalue weighted by molar-refractivity contribution is 9.10. The Kier molecular flexibility index (Phi) is 5.03. The molecule has 0 saturated carbocycles. The van der Waals surface area contributed by atoms with Crippen LogP contribution < -0.4 is 5.32 Å². The lowest BCUT2D eigenvalue weighted by Crippen LogP contribution is -2.21. The van der Waals surface area contributed by atoms with Gasteiger partial charge in [-0.15, -0.1) is 0 Å². The van der Waals surface area contributed by atoms with E-state index in [-0.39, 0.29) is 12.4 Å². The van der Waals surface area contributed by atoms with Crippen molar-refractivity contribution in [2.75, 3.05) is 11.9 Å². The molecule has 5 nitrogen and oxygen atoms in total. The Morgan fingerprint density at radius 1 is 1.28 bits per heavy atom. The first-order valence-electron chi connectivity index (χ1n) is 5.14.